The van der Waals surface area contributed by atoms with Crippen LogP contribution in [-0.4, -0.2) is 37.8 Å². The van der Waals surface area contributed by atoms with Crippen molar-refractivity contribution in [3.63, 3.8) is 0 Å². The van der Waals surface area contributed by atoms with Crippen LogP contribution in [0.4, 0.5) is 11.4 Å². The van der Waals surface area contributed by atoms with E-state index in [0.29, 0.717) is 47.7 Å². The fourth-order valence-electron chi connectivity index (χ4n) is 3.35. The lowest BCUT2D eigenvalue weighted by Gasteiger charge is -2.21. The highest BCUT2D eigenvalue weighted by Crippen LogP contribution is 2.39. The van der Waals surface area contributed by atoms with Crippen LogP contribution in [0.1, 0.15) is 6.42 Å². The van der Waals surface area contributed by atoms with Gasteiger partial charge in [-0.05, 0) is 30.5 Å². The predicted molar refractivity (Wildman–Crippen MR) is 110 cm³/mol. The van der Waals surface area contributed by atoms with Crippen LogP contribution >= 0.6 is 23.4 Å². The molecule has 1 atom stereocenters. The Morgan fingerprint density at radius 1 is 1.21 bits per heavy atom. The van der Waals surface area contributed by atoms with E-state index >= 15 is 0 Å². The van der Waals surface area contributed by atoms with E-state index in [-0.39, 0.29) is 18.2 Å². The van der Waals surface area contributed by atoms with Crippen molar-refractivity contribution in [2.75, 3.05) is 36.2 Å². The number of nitrogens with one attached hydrogen (secondary N) is 1. The Morgan fingerprint density at radius 3 is 2.68 bits per heavy atom. The fraction of sp³-hybridized carbons (Fsp3) is 0.300. The molecule has 2 amide bonds. The average Bonchev–Trinajstić information content (AvgIpc) is 3.09. The maximum absolute atomic E-state index is 12.8. The first kappa shape index (κ1) is 19.0. The number of amides is 2. The SMILES string of the molecule is CSc1cc2c(cc1NC(=O)C1CC(=O)N(c3cccc(Cl)c3)C1)OCCO2. The molecule has 4 rings (SSSR count). The molecule has 8 heteroatoms. The minimum atomic E-state index is -0.436. The van der Waals surface area contributed by atoms with Crippen molar-refractivity contribution in [2.24, 2.45) is 5.92 Å². The van der Waals surface area contributed by atoms with Crippen molar-refractivity contribution >= 4 is 46.6 Å². The van der Waals surface area contributed by atoms with E-state index in [1.165, 1.54) is 11.8 Å². The summed E-state index contributed by atoms with van der Waals surface area (Å²) >= 11 is 7.54. The molecule has 2 aliphatic heterocycles. The van der Waals surface area contributed by atoms with Gasteiger partial charge in [0.05, 0.1) is 11.6 Å². The second-order valence-corrected chi connectivity index (χ2v) is 7.86. The summed E-state index contributed by atoms with van der Waals surface area (Å²) in [6.45, 7) is 1.31. The fourth-order valence-corrected chi connectivity index (χ4v) is 4.09. The molecular weight excluding hydrogens is 400 g/mol. The number of carbonyl (C=O) groups excluding carboxylic acids is 2. The Hall–Kier alpha value is -2.38. The van der Waals surface area contributed by atoms with Gasteiger partial charge in [-0.3, -0.25) is 9.59 Å². The number of thioether (sulfide) groups is 1. The van der Waals surface area contributed by atoms with Crippen molar-refractivity contribution in [1.82, 2.24) is 0 Å². The Bertz CT molecular complexity index is 936. The molecule has 0 spiro atoms. The summed E-state index contributed by atoms with van der Waals surface area (Å²) in [5.74, 6) is 0.577. The molecule has 2 aliphatic rings. The maximum atomic E-state index is 12.8. The Kier molecular flexibility index (Phi) is 5.37. The van der Waals surface area contributed by atoms with E-state index in [2.05, 4.69) is 5.32 Å². The molecule has 0 aromatic heterocycles. The van der Waals surface area contributed by atoms with E-state index in [4.69, 9.17) is 21.1 Å². The van der Waals surface area contributed by atoms with E-state index in [1.54, 1.807) is 29.2 Å². The number of halogens is 1. The molecule has 1 fully saturated rings. The second-order valence-electron chi connectivity index (χ2n) is 6.57. The summed E-state index contributed by atoms with van der Waals surface area (Å²) in [5.41, 5.74) is 1.37. The van der Waals surface area contributed by atoms with Crippen LogP contribution in [-0.2, 0) is 9.59 Å². The molecule has 146 valence electrons. The molecule has 1 N–H and O–H groups in total. The standard InChI is InChI=1S/C20H19ClN2O4S/c1-28-18-10-17-16(26-5-6-27-17)9-15(18)22-20(25)12-7-19(24)23(11-12)14-4-2-3-13(21)8-14/h2-4,8-10,12H,5-7,11H2,1H3,(H,22,25). The minimum Gasteiger partial charge on any atom is -0.486 e. The first-order valence-electron chi connectivity index (χ1n) is 8.89. The highest BCUT2D eigenvalue weighted by Gasteiger charge is 2.35. The predicted octanol–water partition coefficient (Wildman–Crippen LogP) is 3.82. The largest absolute Gasteiger partial charge is 0.486 e. The Morgan fingerprint density at radius 2 is 1.96 bits per heavy atom. The van der Waals surface area contributed by atoms with Gasteiger partial charge in [0.2, 0.25) is 11.8 Å². The monoisotopic (exact) mass is 418 g/mol. The molecule has 0 bridgehead atoms. The summed E-state index contributed by atoms with van der Waals surface area (Å²) in [7, 11) is 0. The van der Waals surface area contributed by atoms with Crippen molar-refractivity contribution < 1.29 is 19.1 Å². The molecule has 2 heterocycles. The smallest absolute Gasteiger partial charge is 0.229 e. The van der Waals surface area contributed by atoms with E-state index in [9.17, 15) is 9.59 Å². The number of carbonyl (C=O) groups is 2. The molecule has 1 saturated heterocycles. The average molecular weight is 419 g/mol. The Labute approximate surface area is 172 Å². The molecule has 2 aromatic carbocycles. The van der Waals surface area contributed by atoms with Gasteiger partial charge in [0.1, 0.15) is 13.2 Å². The minimum absolute atomic E-state index is 0.0883. The van der Waals surface area contributed by atoms with Crippen LogP contribution in [0.2, 0.25) is 5.02 Å². The molecular formula is C20H19ClN2O4S. The zero-order valence-electron chi connectivity index (χ0n) is 15.2. The van der Waals surface area contributed by atoms with Gasteiger partial charge in [0.25, 0.3) is 0 Å². The lowest BCUT2D eigenvalue weighted by molar-refractivity contribution is -0.122. The molecule has 0 aliphatic carbocycles. The quantitative estimate of drug-likeness (QED) is 0.764. The number of hydrogen-bond acceptors (Lipinski definition) is 5. The number of rotatable bonds is 4. The van der Waals surface area contributed by atoms with E-state index < -0.39 is 5.92 Å². The van der Waals surface area contributed by atoms with E-state index in [1.807, 2.05) is 18.4 Å². The topological polar surface area (TPSA) is 67.9 Å². The van der Waals surface area contributed by atoms with E-state index in [0.717, 1.165) is 4.90 Å². The third-order valence-electron chi connectivity index (χ3n) is 4.74. The molecule has 2 aromatic rings. The summed E-state index contributed by atoms with van der Waals surface area (Å²) in [5, 5.41) is 3.51. The van der Waals surface area contributed by atoms with Crippen molar-refractivity contribution in [3.05, 3.63) is 41.4 Å². The number of anilines is 2. The summed E-state index contributed by atoms with van der Waals surface area (Å²) in [6, 6.07) is 10.7. The normalized spacial score (nSPS) is 18.3. The van der Waals surface area contributed by atoms with Crippen molar-refractivity contribution in [1.29, 1.82) is 0 Å². The number of nitrogens with zero attached hydrogens (tertiary/aromatic N) is 1. The van der Waals surface area contributed by atoms with Gasteiger partial charge in [-0.2, -0.15) is 0 Å². The molecule has 6 nitrogen and oxygen atoms in total. The zero-order valence-corrected chi connectivity index (χ0v) is 16.8. The summed E-state index contributed by atoms with van der Waals surface area (Å²) < 4.78 is 11.2. The van der Waals surface area contributed by atoms with Gasteiger partial charge < -0.3 is 19.7 Å². The lowest BCUT2D eigenvalue weighted by Crippen LogP contribution is -2.28. The van der Waals surface area contributed by atoms with Crippen LogP contribution in [0.15, 0.2) is 41.3 Å². The van der Waals surface area contributed by atoms with Crippen molar-refractivity contribution in [2.45, 2.75) is 11.3 Å². The van der Waals surface area contributed by atoms with Gasteiger partial charge in [-0.1, -0.05) is 17.7 Å². The molecule has 28 heavy (non-hydrogen) atoms. The van der Waals surface area contributed by atoms with Gasteiger partial charge in [0, 0.05) is 34.6 Å². The summed E-state index contributed by atoms with van der Waals surface area (Å²) in [6.07, 6.45) is 2.10. The van der Waals surface area contributed by atoms with Crippen molar-refractivity contribution in [3.8, 4) is 11.5 Å². The third kappa shape index (κ3) is 3.77. The molecule has 0 radical (unpaired) electrons. The first-order valence-corrected chi connectivity index (χ1v) is 10.5. The van der Waals surface area contributed by atoms with Crippen LogP contribution in [0.5, 0.6) is 11.5 Å². The number of ether oxygens (including phenoxy) is 2. The van der Waals surface area contributed by atoms with Gasteiger partial charge in [0.15, 0.2) is 11.5 Å². The summed E-state index contributed by atoms with van der Waals surface area (Å²) in [4.78, 5) is 27.8. The second kappa shape index (κ2) is 7.93. The highest BCUT2D eigenvalue weighted by molar-refractivity contribution is 7.98. The number of fused-ring (bicyclic) bond motifs is 1. The zero-order chi connectivity index (χ0) is 19.7. The Balaban J connectivity index is 1.51. The lowest BCUT2D eigenvalue weighted by atomic mass is 10.1. The third-order valence-corrected chi connectivity index (χ3v) is 5.75. The highest BCUT2D eigenvalue weighted by atomic mass is 35.5. The van der Waals surface area contributed by atoms with Crippen LogP contribution in [0, 0.1) is 5.92 Å². The van der Waals surface area contributed by atoms with Crippen LogP contribution in [0.3, 0.4) is 0 Å². The van der Waals surface area contributed by atoms with Crippen LogP contribution < -0.4 is 19.7 Å². The van der Waals surface area contributed by atoms with Gasteiger partial charge in [-0.25, -0.2) is 0 Å². The number of hydrogen-bond donors (Lipinski definition) is 1. The van der Waals surface area contributed by atoms with Gasteiger partial charge >= 0.3 is 0 Å². The maximum Gasteiger partial charge on any atom is 0.229 e. The number of benzene rings is 2. The molecule has 1 unspecified atom stereocenters. The van der Waals surface area contributed by atoms with Gasteiger partial charge in [-0.15, -0.1) is 11.8 Å². The molecule has 0 saturated carbocycles. The van der Waals surface area contributed by atoms with Crippen LogP contribution in [0.25, 0.3) is 0 Å². The first-order chi connectivity index (χ1) is 13.5.